The summed E-state index contributed by atoms with van der Waals surface area (Å²) in [5.41, 5.74) is -0.00637. The van der Waals surface area contributed by atoms with Gasteiger partial charge in [-0.15, -0.1) is 5.10 Å². The first kappa shape index (κ1) is 32.7. The number of carbonyl (C=O) groups is 1. The number of nitrogens with one attached hydrogen (secondary N) is 2. The molecule has 0 radical (unpaired) electrons. The molecule has 5 aromatic rings. The number of hydrogen-bond donors (Lipinski definition) is 3. The van der Waals surface area contributed by atoms with Crippen LogP contribution in [0.1, 0.15) is 36.8 Å². The summed E-state index contributed by atoms with van der Waals surface area (Å²) in [6.45, 7) is 3.05. The molecule has 0 spiro atoms. The number of anilines is 1. The van der Waals surface area contributed by atoms with Crippen LogP contribution in [0.4, 0.5) is 10.3 Å². The number of nitrogens with zero attached hydrogens (tertiary/aromatic N) is 4. The summed E-state index contributed by atoms with van der Waals surface area (Å²) in [5.74, 6) is 0.365. The Labute approximate surface area is 274 Å². The molecular weight excluding hydrogens is 623 g/mol. The van der Waals surface area contributed by atoms with Gasteiger partial charge in [0.2, 0.25) is 11.9 Å². The van der Waals surface area contributed by atoms with E-state index in [-0.39, 0.29) is 35.5 Å². The van der Waals surface area contributed by atoms with E-state index < -0.39 is 35.8 Å². The fraction of sp³-hybridized carbons (Fsp3) is 0.324. The lowest BCUT2D eigenvalue weighted by Crippen LogP contribution is -2.38. The zero-order chi connectivity index (χ0) is 34.0. The predicted molar refractivity (Wildman–Crippen MR) is 172 cm³/mol. The van der Waals surface area contributed by atoms with Gasteiger partial charge in [-0.05, 0) is 41.0 Å². The lowest BCUT2D eigenvalue weighted by molar-refractivity contribution is -0.118. The molecule has 0 aliphatic carbocycles. The van der Waals surface area contributed by atoms with Crippen LogP contribution >= 0.6 is 0 Å². The minimum Gasteiger partial charge on any atom is -0.497 e. The molecule has 3 aromatic carbocycles. The average molecular weight is 659 g/mol. The molecule has 1 saturated heterocycles. The van der Waals surface area contributed by atoms with Crippen molar-refractivity contribution in [2.75, 3.05) is 26.1 Å². The molecular formula is C34H35FN6O7. The molecule has 1 amide bonds. The Balaban J connectivity index is 1.36. The van der Waals surface area contributed by atoms with Crippen LogP contribution in [0, 0.1) is 5.92 Å². The van der Waals surface area contributed by atoms with Crippen LogP contribution in [0.2, 0.25) is 0 Å². The third-order valence-corrected chi connectivity index (χ3v) is 8.27. The minimum absolute atomic E-state index is 0.106. The summed E-state index contributed by atoms with van der Waals surface area (Å²) in [5, 5.41) is 21.4. The quantitative estimate of drug-likeness (QED) is 0.178. The van der Waals surface area contributed by atoms with Crippen LogP contribution in [0.5, 0.6) is 11.5 Å². The van der Waals surface area contributed by atoms with E-state index in [9.17, 15) is 14.7 Å². The molecule has 4 atom stereocenters. The summed E-state index contributed by atoms with van der Waals surface area (Å²) >= 11 is 0. The van der Waals surface area contributed by atoms with Crippen molar-refractivity contribution in [2.45, 2.75) is 44.1 Å². The number of ether oxygens (including phenoxy) is 4. The number of aliphatic hydroxyl groups is 1. The Morgan fingerprint density at radius 3 is 2.15 bits per heavy atom. The first-order chi connectivity index (χ1) is 23.2. The summed E-state index contributed by atoms with van der Waals surface area (Å²) in [4.78, 5) is 31.7. The van der Waals surface area contributed by atoms with Crippen molar-refractivity contribution in [3.63, 3.8) is 0 Å². The standard InChI is InChI=1S/C34H35FN6O7/c1-19(2)30(43)37-33-36-29-27(31(44)38-33)39-40-41(29)32-28(42)26(35)25(48-32)18-47-34(20-8-6-5-7-9-20,21-10-14-23(45-3)15-11-21)22-12-16-24(46-4)17-13-22/h5-17,19,25-26,28,32,42H,18H2,1-4H3,(H2,36,37,38,43,44)/t25-,26-,28+,32-/m1/s1. The zero-order valence-corrected chi connectivity index (χ0v) is 26.7. The molecule has 0 bridgehead atoms. The van der Waals surface area contributed by atoms with E-state index in [1.54, 1.807) is 28.1 Å². The van der Waals surface area contributed by atoms with E-state index >= 15 is 4.39 Å². The van der Waals surface area contributed by atoms with Crippen molar-refractivity contribution in [3.05, 3.63) is 106 Å². The number of hydrogen-bond acceptors (Lipinski definition) is 10. The van der Waals surface area contributed by atoms with Crippen molar-refractivity contribution in [2.24, 2.45) is 5.92 Å². The lowest BCUT2D eigenvalue weighted by Gasteiger charge is -2.37. The van der Waals surface area contributed by atoms with Gasteiger partial charge in [0.1, 0.15) is 29.3 Å². The molecule has 1 fully saturated rings. The number of aromatic nitrogens is 5. The van der Waals surface area contributed by atoms with Gasteiger partial charge in [-0.2, -0.15) is 9.67 Å². The molecule has 250 valence electrons. The highest BCUT2D eigenvalue weighted by molar-refractivity contribution is 5.91. The van der Waals surface area contributed by atoms with E-state index in [0.717, 1.165) is 21.4 Å². The Morgan fingerprint density at radius 1 is 1.00 bits per heavy atom. The summed E-state index contributed by atoms with van der Waals surface area (Å²) in [7, 11) is 3.15. The minimum atomic E-state index is -1.92. The van der Waals surface area contributed by atoms with E-state index in [1.807, 2.05) is 78.9 Å². The topological polar surface area (TPSA) is 163 Å². The molecule has 3 heterocycles. The van der Waals surface area contributed by atoms with Crippen molar-refractivity contribution >= 4 is 23.0 Å². The number of aromatic amines is 1. The summed E-state index contributed by atoms with van der Waals surface area (Å²) in [6, 6.07) is 24.2. The molecule has 0 saturated carbocycles. The van der Waals surface area contributed by atoms with Crippen molar-refractivity contribution < 1.29 is 33.2 Å². The largest absolute Gasteiger partial charge is 0.497 e. The third-order valence-electron chi connectivity index (χ3n) is 8.27. The van der Waals surface area contributed by atoms with Crippen LogP contribution in [-0.4, -0.2) is 75.2 Å². The maximum Gasteiger partial charge on any atom is 0.282 e. The van der Waals surface area contributed by atoms with Crippen molar-refractivity contribution in [1.82, 2.24) is 25.0 Å². The monoisotopic (exact) mass is 658 g/mol. The van der Waals surface area contributed by atoms with Gasteiger partial charge in [0, 0.05) is 5.92 Å². The molecule has 2 aromatic heterocycles. The first-order valence-electron chi connectivity index (χ1n) is 15.3. The molecule has 13 nitrogen and oxygen atoms in total. The summed E-state index contributed by atoms with van der Waals surface area (Å²) in [6.07, 6.45) is -6.32. The number of amides is 1. The van der Waals surface area contributed by atoms with Gasteiger partial charge in [-0.3, -0.25) is 19.9 Å². The fourth-order valence-corrected chi connectivity index (χ4v) is 5.66. The summed E-state index contributed by atoms with van der Waals surface area (Å²) < 4.78 is 40.6. The highest BCUT2D eigenvalue weighted by Crippen LogP contribution is 2.43. The number of H-pyrrole nitrogens is 1. The number of halogens is 1. The van der Waals surface area contributed by atoms with Gasteiger partial charge in [-0.25, -0.2) is 4.39 Å². The number of alkyl halides is 1. The smallest absolute Gasteiger partial charge is 0.282 e. The van der Waals surface area contributed by atoms with Gasteiger partial charge in [0.25, 0.3) is 5.56 Å². The second kappa shape index (κ2) is 13.5. The average Bonchev–Trinajstić information content (AvgIpc) is 3.66. The number of rotatable bonds is 11. The van der Waals surface area contributed by atoms with Crippen LogP contribution in [0.3, 0.4) is 0 Å². The molecule has 1 aliphatic rings. The van der Waals surface area contributed by atoms with Crippen molar-refractivity contribution in [1.29, 1.82) is 0 Å². The van der Waals surface area contributed by atoms with Crippen LogP contribution in [0.15, 0.2) is 83.7 Å². The molecule has 6 rings (SSSR count). The number of benzene rings is 3. The zero-order valence-electron chi connectivity index (χ0n) is 26.7. The van der Waals surface area contributed by atoms with Gasteiger partial charge in [-0.1, -0.05) is 73.7 Å². The maximum absolute atomic E-state index is 15.9. The fourth-order valence-electron chi connectivity index (χ4n) is 5.66. The van der Waals surface area contributed by atoms with Gasteiger partial charge in [0.15, 0.2) is 23.6 Å². The molecule has 0 unspecified atom stereocenters. The Bertz CT molecular complexity index is 1880. The highest BCUT2D eigenvalue weighted by atomic mass is 19.1. The second-order valence-electron chi connectivity index (χ2n) is 11.6. The maximum atomic E-state index is 15.9. The number of fused-ring (bicyclic) bond motifs is 1. The number of aliphatic hydroxyl groups excluding tert-OH is 1. The SMILES string of the molecule is COc1ccc(C(OC[C@H]2O[C@@H](n3nnc4c(=O)[nH]c(NC(=O)C(C)C)nc43)[C@@H](O)[C@@H]2F)(c2ccccc2)c2ccc(OC)cc2)cc1. The van der Waals surface area contributed by atoms with Crippen LogP contribution in [0.25, 0.3) is 11.2 Å². The highest BCUT2D eigenvalue weighted by Gasteiger charge is 2.48. The van der Waals surface area contributed by atoms with E-state index in [4.69, 9.17) is 18.9 Å². The van der Waals surface area contributed by atoms with Gasteiger partial charge >= 0.3 is 0 Å². The number of methoxy groups -OCH3 is 2. The van der Waals surface area contributed by atoms with Crippen molar-refractivity contribution in [3.8, 4) is 11.5 Å². The lowest BCUT2D eigenvalue weighted by atomic mass is 9.80. The molecule has 14 heteroatoms. The Morgan fingerprint density at radius 2 is 1.58 bits per heavy atom. The molecule has 3 N–H and O–H groups in total. The van der Waals surface area contributed by atoms with Gasteiger partial charge < -0.3 is 24.1 Å². The van der Waals surface area contributed by atoms with Crippen LogP contribution in [-0.2, 0) is 19.9 Å². The third kappa shape index (κ3) is 6.01. The van der Waals surface area contributed by atoms with E-state index in [2.05, 4.69) is 25.6 Å². The van der Waals surface area contributed by atoms with Gasteiger partial charge in [0.05, 0.1) is 20.8 Å². The Hall–Kier alpha value is -5.18. The predicted octanol–water partition coefficient (Wildman–Crippen LogP) is 3.73. The number of carbonyl (C=O) groups excluding carboxylic acids is 1. The van der Waals surface area contributed by atoms with E-state index in [1.165, 1.54) is 0 Å². The normalized spacial score (nSPS) is 19.5. The molecule has 1 aliphatic heterocycles. The Kier molecular flexibility index (Phi) is 9.22. The second-order valence-corrected chi connectivity index (χ2v) is 11.6. The first-order valence-corrected chi connectivity index (χ1v) is 15.3. The molecule has 48 heavy (non-hydrogen) atoms. The van der Waals surface area contributed by atoms with E-state index in [0.29, 0.717) is 11.5 Å². The van der Waals surface area contributed by atoms with Crippen LogP contribution < -0.4 is 20.3 Å².